The number of benzene rings is 2. The topological polar surface area (TPSA) is 63.6 Å². The third-order valence-electron chi connectivity index (χ3n) is 4.01. The Labute approximate surface area is 175 Å². The summed E-state index contributed by atoms with van der Waals surface area (Å²) >= 11 is 0.712. The van der Waals surface area contributed by atoms with Gasteiger partial charge in [-0.25, -0.2) is 4.98 Å². The van der Waals surface area contributed by atoms with Gasteiger partial charge >= 0.3 is 6.18 Å². The molecule has 1 heterocycles. The number of aromatic nitrogens is 1. The quantitative estimate of drug-likeness (QED) is 0.397. The number of carbonyl (C=O) groups excluding carboxylic acids is 1. The lowest BCUT2D eigenvalue weighted by molar-refractivity contribution is -0.141. The molecule has 30 heavy (non-hydrogen) atoms. The minimum atomic E-state index is -4.70. The largest absolute Gasteiger partial charge is 0.435 e. The van der Waals surface area contributed by atoms with Gasteiger partial charge in [-0.2, -0.15) is 13.2 Å². The Morgan fingerprint density at radius 3 is 2.57 bits per heavy atom. The summed E-state index contributed by atoms with van der Waals surface area (Å²) in [7, 11) is 0. The number of aryl methyl sites for hydroxylation is 1. The molecule has 0 unspecified atom stereocenters. The number of halogens is 3. The Balaban J connectivity index is 1.87. The van der Waals surface area contributed by atoms with E-state index in [4.69, 9.17) is 4.84 Å². The van der Waals surface area contributed by atoms with E-state index in [0.717, 1.165) is 11.1 Å². The zero-order valence-corrected chi connectivity index (χ0v) is 17.0. The Bertz CT molecular complexity index is 1060. The van der Waals surface area contributed by atoms with Crippen molar-refractivity contribution in [3.63, 3.8) is 0 Å². The molecule has 156 valence electrons. The summed E-state index contributed by atoms with van der Waals surface area (Å²) in [5, 5.41) is 6.57. The van der Waals surface area contributed by atoms with E-state index in [2.05, 4.69) is 15.5 Å². The van der Waals surface area contributed by atoms with Gasteiger partial charge in [-0.05, 0) is 31.0 Å². The summed E-state index contributed by atoms with van der Waals surface area (Å²) in [5.41, 5.74) is 1.52. The molecule has 0 saturated carbocycles. The van der Waals surface area contributed by atoms with E-state index in [9.17, 15) is 18.0 Å². The molecule has 0 atom stereocenters. The maximum Gasteiger partial charge on any atom is 0.435 e. The van der Waals surface area contributed by atoms with E-state index in [1.165, 1.54) is 6.92 Å². The van der Waals surface area contributed by atoms with Crippen molar-refractivity contribution in [2.75, 3.05) is 11.9 Å². The van der Waals surface area contributed by atoms with Crippen molar-refractivity contribution in [2.45, 2.75) is 20.0 Å². The Kier molecular flexibility index (Phi) is 6.51. The minimum Gasteiger partial charge on any atom is -0.396 e. The number of hydrogen-bond acceptors (Lipinski definition) is 5. The zero-order valence-electron chi connectivity index (χ0n) is 16.2. The highest BCUT2D eigenvalue weighted by Crippen LogP contribution is 2.35. The van der Waals surface area contributed by atoms with Crippen LogP contribution in [0.3, 0.4) is 0 Å². The summed E-state index contributed by atoms with van der Waals surface area (Å²) in [5.74, 6) is -0.846. The molecule has 9 heteroatoms. The van der Waals surface area contributed by atoms with E-state index in [1.54, 1.807) is 30.5 Å². The van der Waals surface area contributed by atoms with Gasteiger partial charge in [0.15, 0.2) is 5.69 Å². The fourth-order valence-corrected chi connectivity index (χ4v) is 3.55. The molecule has 5 nitrogen and oxygen atoms in total. The van der Waals surface area contributed by atoms with Crippen LogP contribution in [0, 0.1) is 6.92 Å². The van der Waals surface area contributed by atoms with E-state index in [0.29, 0.717) is 29.2 Å². The molecule has 0 saturated heterocycles. The second-order valence-corrected chi connectivity index (χ2v) is 7.39. The maximum absolute atomic E-state index is 13.2. The lowest BCUT2D eigenvalue weighted by atomic mass is 10.0. The Hall–Kier alpha value is -3.20. The SMILES string of the molecule is CCO/N=C\c1ccc(-c2ccccc2NC(=O)c2sc(C)nc2C(F)(F)F)cc1. The van der Waals surface area contributed by atoms with Gasteiger partial charge < -0.3 is 10.2 Å². The number of hydrogen-bond donors (Lipinski definition) is 1. The Morgan fingerprint density at radius 1 is 1.20 bits per heavy atom. The number of thiazole rings is 1. The monoisotopic (exact) mass is 433 g/mol. The molecule has 0 aliphatic rings. The van der Waals surface area contributed by atoms with Crippen molar-refractivity contribution in [3.05, 3.63) is 69.7 Å². The van der Waals surface area contributed by atoms with Gasteiger partial charge in [-0.1, -0.05) is 47.6 Å². The van der Waals surface area contributed by atoms with Crippen molar-refractivity contribution in [1.29, 1.82) is 0 Å². The number of anilines is 1. The number of para-hydroxylation sites is 1. The average Bonchev–Trinajstić information content (AvgIpc) is 3.12. The Morgan fingerprint density at radius 2 is 1.90 bits per heavy atom. The molecule has 0 bridgehead atoms. The highest BCUT2D eigenvalue weighted by Gasteiger charge is 2.39. The van der Waals surface area contributed by atoms with Gasteiger partial charge in [0.25, 0.3) is 5.91 Å². The third kappa shape index (κ3) is 5.04. The van der Waals surface area contributed by atoms with Crippen molar-refractivity contribution >= 4 is 29.1 Å². The van der Waals surface area contributed by atoms with Gasteiger partial charge in [0.2, 0.25) is 0 Å². The van der Waals surface area contributed by atoms with E-state index < -0.39 is 22.7 Å². The van der Waals surface area contributed by atoms with Crippen LogP contribution in [0.1, 0.15) is 32.9 Å². The molecule has 3 rings (SSSR count). The lowest BCUT2D eigenvalue weighted by Crippen LogP contribution is -2.17. The van der Waals surface area contributed by atoms with Crippen molar-refractivity contribution in [3.8, 4) is 11.1 Å². The van der Waals surface area contributed by atoms with Crippen molar-refractivity contribution in [2.24, 2.45) is 5.16 Å². The highest BCUT2D eigenvalue weighted by atomic mass is 32.1. The first-order chi connectivity index (χ1) is 14.3. The van der Waals surface area contributed by atoms with Crippen molar-refractivity contribution in [1.82, 2.24) is 4.98 Å². The molecule has 0 aliphatic carbocycles. The second-order valence-electron chi connectivity index (χ2n) is 6.18. The van der Waals surface area contributed by atoms with E-state index in [-0.39, 0.29) is 5.01 Å². The van der Waals surface area contributed by atoms with Crippen LogP contribution < -0.4 is 5.32 Å². The minimum absolute atomic E-state index is 0.171. The number of amides is 1. The molecule has 2 aromatic carbocycles. The maximum atomic E-state index is 13.2. The van der Waals surface area contributed by atoms with Gasteiger partial charge in [-0.15, -0.1) is 11.3 Å². The average molecular weight is 433 g/mol. The second kappa shape index (κ2) is 9.08. The molecule has 0 spiro atoms. The number of nitrogens with zero attached hydrogens (tertiary/aromatic N) is 2. The number of oxime groups is 1. The molecule has 1 aromatic heterocycles. The van der Waals surface area contributed by atoms with Crippen LogP contribution >= 0.6 is 11.3 Å². The van der Waals surface area contributed by atoms with Gasteiger partial charge in [0.1, 0.15) is 11.5 Å². The van der Waals surface area contributed by atoms with E-state index in [1.807, 2.05) is 31.2 Å². The number of alkyl halides is 3. The first kappa shape index (κ1) is 21.5. The molecule has 0 radical (unpaired) electrons. The molecule has 3 aromatic rings. The van der Waals surface area contributed by atoms with Crippen LogP contribution in [0.15, 0.2) is 53.7 Å². The third-order valence-corrected chi connectivity index (χ3v) is 4.98. The fraction of sp³-hybridized carbons (Fsp3) is 0.190. The first-order valence-electron chi connectivity index (χ1n) is 9.00. The van der Waals surface area contributed by atoms with Crippen LogP contribution in [0.2, 0.25) is 0 Å². The van der Waals surface area contributed by atoms with Crippen molar-refractivity contribution < 1.29 is 22.8 Å². The molecule has 1 amide bonds. The summed E-state index contributed by atoms with van der Waals surface area (Å²) in [4.78, 5) is 20.6. The molecule has 1 N–H and O–H groups in total. The summed E-state index contributed by atoms with van der Waals surface area (Å²) in [6.45, 7) is 3.73. The number of rotatable bonds is 6. The number of nitrogens with one attached hydrogen (secondary N) is 1. The molecular formula is C21H18F3N3O2S. The van der Waals surface area contributed by atoms with Crippen LogP contribution in [0.25, 0.3) is 11.1 Å². The predicted octanol–water partition coefficient (Wildman–Crippen LogP) is 5.76. The highest BCUT2D eigenvalue weighted by molar-refractivity contribution is 7.13. The summed E-state index contributed by atoms with van der Waals surface area (Å²) in [6, 6.07) is 14.2. The van der Waals surface area contributed by atoms with Crippen LogP contribution in [-0.4, -0.2) is 23.7 Å². The fourth-order valence-electron chi connectivity index (χ4n) is 2.72. The van der Waals surface area contributed by atoms with Crippen LogP contribution in [0.5, 0.6) is 0 Å². The van der Waals surface area contributed by atoms with Crippen LogP contribution in [-0.2, 0) is 11.0 Å². The first-order valence-corrected chi connectivity index (χ1v) is 9.82. The zero-order chi connectivity index (χ0) is 21.7. The summed E-state index contributed by atoms with van der Waals surface area (Å²) in [6.07, 6.45) is -3.12. The van der Waals surface area contributed by atoms with Gasteiger partial charge in [-0.3, -0.25) is 4.79 Å². The standard InChI is InChI=1S/C21H18F3N3O2S/c1-3-29-25-12-14-8-10-15(11-9-14)16-6-4-5-7-17(16)27-20(28)18-19(21(22,23)24)26-13(2)30-18/h4-12H,3H2,1-2H3,(H,27,28)/b25-12-. The molecular weight excluding hydrogens is 415 g/mol. The van der Waals surface area contributed by atoms with Gasteiger partial charge in [0, 0.05) is 11.3 Å². The summed E-state index contributed by atoms with van der Waals surface area (Å²) < 4.78 is 39.6. The molecule has 0 aliphatic heterocycles. The number of carbonyl (C=O) groups is 1. The van der Waals surface area contributed by atoms with Crippen LogP contribution in [0.4, 0.5) is 18.9 Å². The van der Waals surface area contributed by atoms with E-state index >= 15 is 0 Å². The smallest absolute Gasteiger partial charge is 0.396 e. The molecule has 0 fully saturated rings. The normalized spacial score (nSPS) is 11.6. The van der Waals surface area contributed by atoms with Gasteiger partial charge in [0.05, 0.1) is 11.2 Å². The lowest BCUT2D eigenvalue weighted by Gasteiger charge is -2.12. The predicted molar refractivity (Wildman–Crippen MR) is 111 cm³/mol.